The SMILES string of the molecule is CCCn1c(SCC(=O)O)nnc1N(CC)CC1CC1. The van der Waals surface area contributed by atoms with Gasteiger partial charge in [0.05, 0.1) is 5.75 Å². The number of carboxylic acids is 1. The number of aromatic nitrogens is 3. The standard InChI is InChI=1S/C13H22N4O2S/c1-3-7-17-12(16(4-2)8-10-5-6-10)14-15-13(17)20-9-11(18)19/h10H,3-9H2,1-2H3,(H,18,19). The Balaban J connectivity index is 2.14. The lowest BCUT2D eigenvalue weighted by atomic mass is 10.4. The Hall–Kier alpha value is -1.24. The fourth-order valence-electron chi connectivity index (χ4n) is 2.13. The first-order chi connectivity index (χ1) is 9.65. The number of hydrogen-bond donors (Lipinski definition) is 1. The number of aliphatic carboxylic acids is 1. The van der Waals surface area contributed by atoms with Crippen LogP contribution in [0.3, 0.4) is 0 Å². The van der Waals surface area contributed by atoms with E-state index in [0.717, 1.165) is 37.9 Å². The van der Waals surface area contributed by atoms with Crippen LogP contribution in [0.25, 0.3) is 0 Å². The second kappa shape index (κ2) is 6.97. The summed E-state index contributed by atoms with van der Waals surface area (Å²) < 4.78 is 2.06. The van der Waals surface area contributed by atoms with Crippen molar-refractivity contribution in [1.82, 2.24) is 14.8 Å². The van der Waals surface area contributed by atoms with E-state index in [1.165, 1.54) is 24.6 Å². The number of thioether (sulfide) groups is 1. The Morgan fingerprint density at radius 3 is 2.75 bits per heavy atom. The molecule has 1 fully saturated rings. The summed E-state index contributed by atoms with van der Waals surface area (Å²) >= 11 is 1.24. The van der Waals surface area contributed by atoms with Crippen LogP contribution in [-0.4, -0.2) is 44.7 Å². The van der Waals surface area contributed by atoms with Crippen LogP contribution in [0.15, 0.2) is 5.16 Å². The molecule has 1 aromatic heterocycles. The normalized spacial score (nSPS) is 14.5. The minimum Gasteiger partial charge on any atom is -0.481 e. The average molecular weight is 298 g/mol. The minimum atomic E-state index is -0.826. The maximum Gasteiger partial charge on any atom is 0.313 e. The topological polar surface area (TPSA) is 71.2 Å². The van der Waals surface area contributed by atoms with E-state index < -0.39 is 5.97 Å². The van der Waals surface area contributed by atoms with Gasteiger partial charge in [0.25, 0.3) is 0 Å². The molecule has 1 saturated carbocycles. The molecule has 1 N–H and O–H groups in total. The van der Waals surface area contributed by atoms with Gasteiger partial charge in [0.1, 0.15) is 0 Å². The minimum absolute atomic E-state index is 0.0244. The van der Waals surface area contributed by atoms with Crippen molar-refractivity contribution >= 4 is 23.7 Å². The molecule has 1 heterocycles. The van der Waals surface area contributed by atoms with Gasteiger partial charge in [-0.2, -0.15) is 0 Å². The molecule has 0 aromatic carbocycles. The van der Waals surface area contributed by atoms with Crippen molar-refractivity contribution in [3.8, 4) is 0 Å². The fourth-order valence-corrected chi connectivity index (χ4v) is 2.81. The number of carbonyl (C=O) groups is 1. The average Bonchev–Trinajstić information content (AvgIpc) is 3.16. The molecule has 0 aliphatic heterocycles. The molecule has 0 spiro atoms. The van der Waals surface area contributed by atoms with Gasteiger partial charge in [-0.15, -0.1) is 10.2 Å². The van der Waals surface area contributed by atoms with Crippen LogP contribution in [0.5, 0.6) is 0 Å². The molecule has 6 nitrogen and oxygen atoms in total. The van der Waals surface area contributed by atoms with Crippen molar-refractivity contribution in [2.45, 2.75) is 44.8 Å². The predicted octanol–water partition coefficient (Wildman–Crippen LogP) is 2.10. The molecule has 112 valence electrons. The quantitative estimate of drug-likeness (QED) is 0.704. The second-order valence-electron chi connectivity index (χ2n) is 5.10. The summed E-state index contributed by atoms with van der Waals surface area (Å²) in [5, 5.41) is 18.0. The van der Waals surface area contributed by atoms with Crippen LogP contribution in [0.1, 0.15) is 33.1 Å². The summed E-state index contributed by atoms with van der Waals surface area (Å²) in [6.45, 7) is 6.99. The number of anilines is 1. The second-order valence-corrected chi connectivity index (χ2v) is 6.04. The van der Waals surface area contributed by atoms with Crippen LogP contribution in [0, 0.1) is 5.92 Å². The van der Waals surface area contributed by atoms with E-state index >= 15 is 0 Å². The van der Waals surface area contributed by atoms with Crippen molar-refractivity contribution in [3.05, 3.63) is 0 Å². The molecule has 2 rings (SSSR count). The van der Waals surface area contributed by atoms with Gasteiger partial charge in [-0.1, -0.05) is 18.7 Å². The molecule has 1 aliphatic rings. The highest BCUT2D eigenvalue weighted by molar-refractivity contribution is 7.99. The van der Waals surface area contributed by atoms with Crippen molar-refractivity contribution in [2.24, 2.45) is 5.92 Å². The van der Waals surface area contributed by atoms with Gasteiger partial charge in [-0.05, 0) is 32.1 Å². The van der Waals surface area contributed by atoms with Crippen LogP contribution in [0.4, 0.5) is 5.95 Å². The lowest BCUT2D eigenvalue weighted by Crippen LogP contribution is -2.28. The highest BCUT2D eigenvalue weighted by Gasteiger charge is 2.26. The Bertz CT molecular complexity index is 459. The van der Waals surface area contributed by atoms with Gasteiger partial charge < -0.3 is 10.0 Å². The number of nitrogens with zero attached hydrogens (tertiary/aromatic N) is 4. The Kier molecular flexibility index (Phi) is 5.28. The van der Waals surface area contributed by atoms with Crippen molar-refractivity contribution in [2.75, 3.05) is 23.7 Å². The van der Waals surface area contributed by atoms with E-state index in [-0.39, 0.29) is 5.75 Å². The maximum atomic E-state index is 10.7. The van der Waals surface area contributed by atoms with E-state index in [9.17, 15) is 4.79 Å². The van der Waals surface area contributed by atoms with E-state index in [4.69, 9.17) is 5.11 Å². The smallest absolute Gasteiger partial charge is 0.313 e. The van der Waals surface area contributed by atoms with Crippen LogP contribution >= 0.6 is 11.8 Å². The van der Waals surface area contributed by atoms with Gasteiger partial charge in [-0.3, -0.25) is 9.36 Å². The van der Waals surface area contributed by atoms with Gasteiger partial charge in [-0.25, -0.2) is 0 Å². The zero-order valence-electron chi connectivity index (χ0n) is 12.1. The Labute approximate surface area is 123 Å². The first kappa shape index (κ1) is 15.2. The Morgan fingerprint density at radius 1 is 1.45 bits per heavy atom. The summed E-state index contributed by atoms with van der Waals surface area (Å²) in [7, 11) is 0. The van der Waals surface area contributed by atoms with Gasteiger partial charge in [0, 0.05) is 19.6 Å². The monoisotopic (exact) mass is 298 g/mol. The lowest BCUT2D eigenvalue weighted by molar-refractivity contribution is -0.133. The third kappa shape index (κ3) is 3.88. The van der Waals surface area contributed by atoms with Gasteiger partial charge in [0.2, 0.25) is 5.95 Å². The van der Waals surface area contributed by atoms with E-state index in [0.29, 0.717) is 5.16 Å². The van der Waals surface area contributed by atoms with Crippen molar-refractivity contribution < 1.29 is 9.90 Å². The molecular formula is C13H22N4O2S. The molecule has 0 atom stereocenters. The summed E-state index contributed by atoms with van der Waals surface area (Å²) in [4.78, 5) is 13.0. The molecule has 0 unspecified atom stereocenters. The molecule has 0 bridgehead atoms. The summed E-state index contributed by atoms with van der Waals surface area (Å²) in [6, 6.07) is 0. The highest BCUT2D eigenvalue weighted by atomic mass is 32.2. The van der Waals surface area contributed by atoms with Crippen LogP contribution < -0.4 is 4.90 Å². The molecule has 0 radical (unpaired) electrons. The third-order valence-corrected chi connectivity index (χ3v) is 4.26. The van der Waals surface area contributed by atoms with Gasteiger partial charge >= 0.3 is 5.97 Å². The fraction of sp³-hybridized carbons (Fsp3) is 0.769. The molecule has 7 heteroatoms. The Morgan fingerprint density at radius 2 is 2.20 bits per heavy atom. The van der Waals surface area contributed by atoms with Gasteiger partial charge in [0.15, 0.2) is 5.16 Å². The van der Waals surface area contributed by atoms with E-state index in [2.05, 4.69) is 33.5 Å². The highest BCUT2D eigenvalue weighted by Crippen LogP contribution is 2.31. The largest absolute Gasteiger partial charge is 0.481 e. The summed E-state index contributed by atoms with van der Waals surface area (Å²) in [5.41, 5.74) is 0. The van der Waals surface area contributed by atoms with Crippen molar-refractivity contribution in [1.29, 1.82) is 0 Å². The van der Waals surface area contributed by atoms with Crippen LogP contribution in [0.2, 0.25) is 0 Å². The molecule has 1 aromatic rings. The zero-order chi connectivity index (χ0) is 14.5. The maximum absolute atomic E-state index is 10.7. The molecule has 1 aliphatic carbocycles. The number of carboxylic acid groups (broad SMARTS) is 1. The summed E-state index contributed by atoms with van der Waals surface area (Å²) in [6.07, 6.45) is 3.59. The predicted molar refractivity (Wildman–Crippen MR) is 79.3 cm³/mol. The zero-order valence-corrected chi connectivity index (χ0v) is 12.9. The molecular weight excluding hydrogens is 276 g/mol. The molecule has 0 saturated heterocycles. The van der Waals surface area contributed by atoms with E-state index in [1.54, 1.807) is 0 Å². The molecule has 20 heavy (non-hydrogen) atoms. The first-order valence-corrected chi connectivity index (χ1v) is 8.17. The number of hydrogen-bond acceptors (Lipinski definition) is 5. The number of rotatable bonds is 9. The first-order valence-electron chi connectivity index (χ1n) is 7.18. The van der Waals surface area contributed by atoms with Crippen LogP contribution in [-0.2, 0) is 11.3 Å². The molecule has 0 amide bonds. The summed E-state index contributed by atoms with van der Waals surface area (Å²) in [5.74, 6) is 0.871. The third-order valence-electron chi connectivity index (χ3n) is 3.31. The van der Waals surface area contributed by atoms with Crippen molar-refractivity contribution in [3.63, 3.8) is 0 Å². The lowest BCUT2D eigenvalue weighted by Gasteiger charge is -2.22. The van der Waals surface area contributed by atoms with E-state index in [1.807, 2.05) is 0 Å².